The van der Waals surface area contributed by atoms with Crippen LogP contribution in [-0.4, -0.2) is 28.5 Å². The lowest BCUT2D eigenvalue weighted by atomic mass is 10.2. The number of amides is 1. The van der Waals surface area contributed by atoms with Crippen molar-refractivity contribution in [3.63, 3.8) is 0 Å². The van der Waals surface area contributed by atoms with Gasteiger partial charge in [0.25, 0.3) is 5.22 Å². The Kier molecular flexibility index (Phi) is 8.44. The highest BCUT2D eigenvalue weighted by molar-refractivity contribution is 9.10. The van der Waals surface area contributed by atoms with Crippen LogP contribution in [0.2, 0.25) is 10.0 Å². The minimum atomic E-state index is -0.144. The Labute approximate surface area is 196 Å². The molecule has 3 rings (SSSR count). The zero-order chi connectivity index (χ0) is 21.5. The number of rotatable bonds is 9. The van der Waals surface area contributed by atoms with Crippen molar-refractivity contribution in [2.24, 2.45) is 0 Å². The number of hydrogen-bond donors (Lipinski definition) is 1. The van der Waals surface area contributed by atoms with Gasteiger partial charge in [0.05, 0.1) is 17.4 Å². The molecule has 1 amide bonds. The van der Waals surface area contributed by atoms with Gasteiger partial charge in [-0.1, -0.05) is 50.9 Å². The van der Waals surface area contributed by atoms with Gasteiger partial charge in [0.15, 0.2) is 0 Å². The molecule has 0 atom stereocenters. The molecule has 3 aromatic rings. The van der Waals surface area contributed by atoms with Crippen molar-refractivity contribution in [1.82, 2.24) is 10.2 Å². The average molecular weight is 531 g/mol. The van der Waals surface area contributed by atoms with Gasteiger partial charge in [-0.2, -0.15) is 0 Å². The summed E-state index contributed by atoms with van der Waals surface area (Å²) in [5, 5.41) is 12.2. The van der Waals surface area contributed by atoms with E-state index in [9.17, 15) is 4.79 Å². The molecule has 6 nitrogen and oxygen atoms in total. The minimum absolute atomic E-state index is 0.144. The molecular weight excluding hydrogens is 513 g/mol. The zero-order valence-corrected chi connectivity index (χ0v) is 19.9. The lowest BCUT2D eigenvalue weighted by molar-refractivity contribution is -0.113. The first-order valence-electron chi connectivity index (χ1n) is 9.00. The largest absolute Gasteiger partial charge is 0.492 e. The van der Waals surface area contributed by atoms with E-state index in [-0.39, 0.29) is 11.7 Å². The molecule has 0 aliphatic heterocycles. The van der Waals surface area contributed by atoms with Crippen molar-refractivity contribution in [3.8, 4) is 5.75 Å². The van der Waals surface area contributed by atoms with Gasteiger partial charge in [0, 0.05) is 21.6 Å². The highest BCUT2D eigenvalue weighted by atomic mass is 79.9. The number of nitrogens with zero attached hydrogens (tertiary/aromatic N) is 2. The van der Waals surface area contributed by atoms with Crippen LogP contribution in [0.25, 0.3) is 0 Å². The smallest absolute Gasteiger partial charge is 0.277 e. The molecule has 0 bridgehead atoms. The van der Waals surface area contributed by atoms with Crippen LogP contribution >= 0.6 is 50.9 Å². The first kappa shape index (κ1) is 22.9. The van der Waals surface area contributed by atoms with Crippen LogP contribution in [0, 0.1) is 6.92 Å². The van der Waals surface area contributed by atoms with Gasteiger partial charge in [0.2, 0.25) is 11.8 Å². The molecule has 0 aliphatic rings. The van der Waals surface area contributed by atoms with Crippen molar-refractivity contribution in [1.29, 1.82) is 0 Å². The fourth-order valence-corrected chi connectivity index (χ4v) is 3.73. The fraction of sp³-hybridized carbons (Fsp3) is 0.250. The number of aryl methyl sites for hydroxylation is 2. The lowest BCUT2D eigenvalue weighted by Gasteiger charge is -2.07. The molecule has 1 N–H and O–H groups in total. The molecular formula is C20H18BrCl2N3O3S. The summed E-state index contributed by atoms with van der Waals surface area (Å²) in [6.45, 7) is 2.41. The number of aromatic nitrogens is 2. The lowest BCUT2D eigenvalue weighted by Crippen LogP contribution is -2.14. The third-order valence-electron chi connectivity index (χ3n) is 3.90. The van der Waals surface area contributed by atoms with E-state index in [1.807, 2.05) is 25.1 Å². The van der Waals surface area contributed by atoms with Gasteiger partial charge in [0.1, 0.15) is 5.75 Å². The van der Waals surface area contributed by atoms with E-state index in [0.29, 0.717) is 46.4 Å². The van der Waals surface area contributed by atoms with Gasteiger partial charge in [-0.05, 0) is 55.3 Å². The first-order chi connectivity index (χ1) is 14.4. The number of anilines is 1. The summed E-state index contributed by atoms with van der Waals surface area (Å²) in [4.78, 5) is 12.1. The van der Waals surface area contributed by atoms with Crippen molar-refractivity contribution in [3.05, 3.63) is 62.4 Å². The minimum Gasteiger partial charge on any atom is -0.492 e. The third kappa shape index (κ3) is 6.91. The summed E-state index contributed by atoms with van der Waals surface area (Å²) in [7, 11) is 0. The van der Waals surface area contributed by atoms with Crippen molar-refractivity contribution >= 4 is 62.5 Å². The predicted molar refractivity (Wildman–Crippen MR) is 123 cm³/mol. The van der Waals surface area contributed by atoms with E-state index >= 15 is 0 Å². The van der Waals surface area contributed by atoms with Crippen molar-refractivity contribution in [2.75, 3.05) is 17.7 Å². The maximum absolute atomic E-state index is 12.1. The van der Waals surface area contributed by atoms with Gasteiger partial charge in [-0.3, -0.25) is 4.79 Å². The van der Waals surface area contributed by atoms with Crippen LogP contribution in [0.1, 0.15) is 17.9 Å². The SMILES string of the molecule is Cc1cc(NC(=O)CSc2nnc(CCCOc3ccc(Cl)cc3Cl)o2)ccc1Br. The summed E-state index contributed by atoms with van der Waals surface area (Å²) in [5.74, 6) is 1.10. The molecule has 0 unspecified atom stereocenters. The number of halogens is 3. The Morgan fingerprint density at radius 1 is 1.23 bits per heavy atom. The second-order valence-electron chi connectivity index (χ2n) is 6.29. The van der Waals surface area contributed by atoms with E-state index in [2.05, 4.69) is 31.4 Å². The standard InChI is InChI=1S/C20H18BrCl2N3O3S/c1-12-9-14(5-6-15(12)21)24-18(27)11-30-20-26-25-19(29-20)3-2-8-28-17-7-4-13(22)10-16(17)23/h4-7,9-10H,2-3,8,11H2,1H3,(H,24,27). The number of hydrogen-bond acceptors (Lipinski definition) is 6. The number of nitrogens with one attached hydrogen (secondary N) is 1. The molecule has 0 fully saturated rings. The normalized spacial score (nSPS) is 10.8. The molecule has 1 heterocycles. The zero-order valence-electron chi connectivity index (χ0n) is 16.0. The number of carbonyl (C=O) groups is 1. The first-order valence-corrected chi connectivity index (χ1v) is 11.5. The van der Waals surface area contributed by atoms with E-state index in [4.69, 9.17) is 32.4 Å². The van der Waals surface area contributed by atoms with Crippen LogP contribution in [-0.2, 0) is 11.2 Å². The second kappa shape index (κ2) is 11.0. The van der Waals surface area contributed by atoms with Gasteiger partial charge >= 0.3 is 0 Å². The molecule has 0 saturated carbocycles. The Morgan fingerprint density at radius 3 is 2.83 bits per heavy atom. The quantitative estimate of drug-likeness (QED) is 0.262. The molecule has 1 aromatic heterocycles. The van der Waals surface area contributed by atoms with Crippen LogP contribution in [0.4, 0.5) is 5.69 Å². The van der Waals surface area contributed by atoms with Gasteiger partial charge < -0.3 is 14.5 Å². The highest BCUT2D eigenvalue weighted by Crippen LogP contribution is 2.27. The summed E-state index contributed by atoms with van der Waals surface area (Å²) < 4.78 is 12.2. The Morgan fingerprint density at radius 2 is 2.07 bits per heavy atom. The predicted octanol–water partition coefficient (Wildman–Crippen LogP) is 6.19. The molecule has 0 radical (unpaired) electrons. The number of ether oxygens (including phenoxy) is 1. The van der Waals surface area contributed by atoms with E-state index in [1.54, 1.807) is 18.2 Å². The van der Waals surface area contributed by atoms with Crippen LogP contribution < -0.4 is 10.1 Å². The van der Waals surface area contributed by atoms with Crippen LogP contribution in [0.5, 0.6) is 5.75 Å². The van der Waals surface area contributed by atoms with Crippen LogP contribution in [0.3, 0.4) is 0 Å². The van der Waals surface area contributed by atoms with E-state index in [0.717, 1.165) is 15.7 Å². The molecule has 0 aliphatic carbocycles. The number of carbonyl (C=O) groups excluding carboxylic acids is 1. The number of thioether (sulfide) groups is 1. The molecule has 2 aromatic carbocycles. The summed E-state index contributed by atoms with van der Waals surface area (Å²) in [5.41, 5.74) is 1.79. The molecule has 0 saturated heterocycles. The van der Waals surface area contributed by atoms with Crippen molar-refractivity contribution < 1.29 is 13.9 Å². The molecule has 30 heavy (non-hydrogen) atoms. The Bertz CT molecular complexity index is 1030. The maximum Gasteiger partial charge on any atom is 0.277 e. The van der Waals surface area contributed by atoms with Gasteiger partial charge in [-0.15, -0.1) is 10.2 Å². The topological polar surface area (TPSA) is 77.2 Å². The second-order valence-corrected chi connectivity index (χ2v) is 8.91. The summed E-state index contributed by atoms with van der Waals surface area (Å²) in [6.07, 6.45) is 1.23. The monoisotopic (exact) mass is 529 g/mol. The third-order valence-corrected chi connectivity index (χ3v) is 6.14. The van der Waals surface area contributed by atoms with E-state index < -0.39 is 0 Å². The maximum atomic E-state index is 12.1. The highest BCUT2D eigenvalue weighted by Gasteiger charge is 2.11. The Balaban J connectivity index is 1.39. The summed E-state index contributed by atoms with van der Waals surface area (Å²) >= 11 is 16.6. The number of benzene rings is 2. The summed E-state index contributed by atoms with van der Waals surface area (Å²) in [6, 6.07) is 10.7. The van der Waals surface area contributed by atoms with Crippen molar-refractivity contribution in [2.45, 2.75) is 25.0 Å². The van der Waals surface area contributed by atoms with Gasteiger partial charge in [-0.25, -0.2) is 0 Å². The molecule has 158 valence electrons. The fourth-order valence-electron chi connectivity index (χ4n) is 2.44. The Hall–Kier alpha value is -1.74. The van der Waals surface area contributed by atoms with Crippen LogP contribution in [0.15, 0.2) is 50.5 Å². The average Bonchev–Trinajstić information content (AvgIpc) is 3.16. The molecule has 0 spiro atoms. The van der Waals surface area contributed by atoms with E-state index in [1.165, 1.54) is 11.8 Å². The molecule has 10 heteroatoms.